The number of hydrogen-bond donors (Lipinski definition) is 0. The van der Waals surface area contributed by atoms with Gasteiger partial charge in [0.05, 0.1) is 35.3 Å². The minimum atomic E-state index is -0.605. The summed E-state index contributed by atoms with van der Waals surface area (Å²) >= 11 is 0. The van der Waals surface area contributed by atoms with Gasteiger partial charge >= 0.3 is 11.9 Å². The summed E-state index contributed by atoms with van der Waals surface area (Å²) in [4.78, 5) is 40.7. The summed E-state index contributed by atoms with van der Waals surface area (Å²) in [7, 11) is 0. The molecule has 0 aliphatic carbocycles. The maximum Gasteiger partial charge on any atom is 0.317 e. The number of hydrogen-bond acceptors (Lipinski definition) is 8. The minimum absolute atomic E-state index is 0.177. The van der Waals surface area contributed by atoms with Gasteiger partial charge in [0.25, 0.3) is 0 Å². The van der Waals surface area contributed by atoms with E-state index in [2.05, 4.69) is 19.9 Å². The number of carbonyl (C=O) groups is 2. The zero-order chi connectivity index (χ0) is 21.5. The number of ether oxygens (including phenoxy) is 2. The molecule has 8 heteroatoms. The van der Waals surface area contributed by atoms with Crippen LogP contribution in [0, 0.1) is 0 Å². The van der Waals surface area contributed by atoms with E-state index in [4.69, 9.17) is 9.47 Å². The number of fused-ring (bicyclic) bond motifs is 2. The molecule has 0 saturated carbocycles. The van der Waals surface area contributed by atoms with Crippen LogP contribution >= 0.6 is 0 Å². The molecule has 0 aliphatic rings. The first-order valence-electron chi connectivity index (χ1n) is 9.88. The SMILES string of the molecule is O=C(CC(=O)OCCc1ccc2nccnc2c1)OCCc1ccc2nccnc2c1. The van der Waals surface area contributed by atoms with Crippen molar-refractivity contribution in [3.63, 3.8) is 0 Å². The van der Waals surface area contributed by atoms with E-state index in [-0.39, 0.29) is 13.2 Å². The smallest absolute Gasteiger partial charge is 0.317 e. The lowest BCUT2D eigenvalue weighted by Gasteiger charge is -2.07. The molecule has 0 fully saturated rings. The molecule has 0 amide bonds. The second-order valence-corrected chi connectivity index (χ2v) is 6.88. The van der Waals surface area contributed by atoms with Crippen molar-refractivity contribution in [1.82, 2.24) is 19.9 Å². The molecular weight excluding hydrogens is 396 g/mol. The van der Waals surface area contributed by atoms with Crippen LogP contribution in [0.5, 0.6) is 0 Å². The molecule has 0 aliphatic heterocycles. The average molecular weight is 416 g/mol. The summed E-state index contributed by atoms with van der Waals surface area (Å²) in [6.45, 7) is 0.353. The maximum absolute atomic E-state index is 11.9. The molecule has 0 saturated heterocycles. The van der Waals surface area contributed by atoms with Crippen LogP contribution in [0.15, 0.2) is 61.2 Å². The molecular formula is C23H20N4O4. The molecule has 8 nitrogen and oxygen atoms in total. The highest BCUT2D eigenvalue weighted by Gasteiger charge is 2.12. The fourth-order valence-electron chi connectivity index (χ4n) is 3.11. The predicted octanol–water partition coefficient (Wildman–Crippen LogP) is 2.83. The van der Waals surface area contributed by atoms with Gasteiger partial charge in [0.1, 0.15) is 6.42 Å². The first-order chi connectivity index (χ1) is 15.2. The Labute approximate surface area is 178 Å². The van der Waals surface area contributed by atoms with Gasteiger partial charge in [-0.3, -0.25) is 29.5 Å². The highest BCUT2D eigenvalue weighted by atomic mass is 16.6. The maximum atomic E-state index is 11.9. The van der Waals surface area contributed by atoms with Crippen molar-refractivity contribution in [1.29, 1.82) is 0 Å². The van der Waals surface area contributed by atoms with Crippen LogP contribution < -0.4 is 0 Å². The summed E-state index contributed by atoms with van der Waals surface area (Å²) in [5, 5.41) is 0. The molecule has 0 bridgehead atoms. The predicted molar refractivity (Wildman–Crippen MR) is 113 cm³/mol. The first-order valence-corrected chi connectivity index (χ1v) is 9.88. The van der Waals surface area contributed by atoms with E-state index in [1.807, 2.05) is 36.4 Å². The lowest BCUT2D eigenvalue weighted by molar-refractivity contribution is -0.154. The molecule has 4 aromatic rings. The standard InChI is InChI=1S/C23H20N4O4/c28-22(30-11-5-16-1-3-18-20(13-16)26-9-7-24-18)15-23(29)31-12-6-17-2-4-19-21(14-17)27-10-8-25-19/h1-4,7-10,13-14H,5-6,11-12,15H2. The van der Waals surface area contributed by atoms with E-state index < -0.39 is 18.4 Å². The van der Waals surface area contributed by atoms with Gasteiger partial charge in [0, 0.05) is 37.6 Å². The van der Waals surface area contributed by atoms with Crippen molar-refractivity contribution >= 4 is 34.0 Å². The number of nitrogens with zero attached hydrogens (tertiary/aromatic N) is 4. The zero-order valence-corrected chi connectivity index (χ0v) is 16.7. The van der Waals surface area contributed by atoms with E-state index in [9.17, 15) is 9.59 Å². The van der Waals surface area contributed by atoms with Gasteiger partial charge in [-0.25, -0.2) is 0 Å². The lowest BCUT2D eigenvalue weighted by Crippen LogP contribution is -2.16. The van der Waals surface area contributed by atoms with Crippen LogP contribution in [-0.4, -0.2) is 45.1 Å². The third-order valence-corrected chi connectivity index (χ3v) is 4.66. The lowest BCUT2D eigenvalue weighted by atomic mass is 10.1. The minimum Gasteiger partial charge on any atom is -0.465 e. The first kappa shape index (κ1) is 20.3. The van der Waals surface area contributed by atoms with Gasteiger partial charge in [-0.15, -0.1) is 0 Å². The van der Waals surface area contributed by atoms with Crippen molar-refractivity contribution in [2.45, 2.75) is 19.3 Å². The Kier molecular flexibility index (Phi) is 6.37. The fraction of sp³-hybridized carbons (Fsp3) is 0.217. The average Bonchev–Trinajstić information content (AvgIpc) is 2.79. The van der Waals surface area contributed by atoms with Crippen LogP contribution in [0.2, 0.25) is 0 Å². The normalized spacial score (nSPS) is 10.8. The van der Waals surface area contributed by atoms with E-state index in [1.54, 1.807) is 24.8 Å². The Bertz CT molecular complexity index is 1130. The summed E-state index contributed by atoms with van der Waals surface area (Å²) in [5.74, 6) is -1.21. The Morgan fingerprint density at radius 1 is 0.613 bits per heavy atom. The van der Waals surface area contributed by atoms with Crippen LogP contribution in [-0.2, 0) is 31.9 Å². The van der Waals surface area contributed by atoms with Crippen molar-refractivity contribution < 1.29 is 19.1 Å². The highest BCUT2D eigenvalue weighted by molar-refractivity contribution is 5.91. The van der Waals surface area contributed by atoms with Gasteiger partial charge in [0.2, 0.25) is 0 Å². The monoisotopic (exact) mass is 416 g/mol. The van der Waals surface area contributed by atoms with Crippen LogP contribution in [0.3, 0.4) is 0 Å². The van der Waals surface area contributed by atoms with Gasteiger partial charge in [-0.05, 0) is 35.4 Å². The Hall–Kier alpha value is -3.94. The summed E-state index contributed by atoms with van der Waals surface area (Å²) < 4.78 is 10.3. The second kappa shape index (κ2) is 9.71. The molecule has 4 rings (SSSR count). The van der Waals surface area contributed by atoms with Gasteiger partial charge in [-0.2, -0.15) is 0 Å². The van der Waals surface area contributed by atoms with E-state index in [1.165, 1.54) is 0 Å². The number of carbonyl (C=O) groups excluding carboxylic acids is 2. The Morgan fingerprint density at radius 2 is 1.03 bits per heavy atom. The number of esters is 2. The van der Waals surface area contributed by atoms with E-state index >= 15 is 0 Å². The molecule has 0 N–H and O–H groups in total. The van der Waals surface area contributed by atoms with Crippen molar-refractivity contribution in [2.24, 2.45) is 0 Å². The molecule has 2 heterocycles. The van der Waals surface area contributed by atoms with Crippen LogP contribution in [0.1, 0.15) is 17.5 Å². The summed E-state index contributed by atoms with van der Waals surface area (Å²) in [6, 6.07) is 11.4. The number of rotatable bonds is 8. The quantitative estimate of drug-likeness (QED) is 0.319. The highest BCUT2D eigenvalue weighted by Crippen LogP contribution is 2.12. The van der Waals surface area contributed by atoms with Crippen molar-refractivity contribution in [3.8, 4) is 0 Å². The molecule has 2 aromatic heterocycles. The largest absolute Gasteiger partial charge is 0.465 e. The van der Waals surface area contributed by atoms with Gasteiger partial charge < -0.3 is 9.47 Å². The summed E-state index contributed by atoms with van der Waals surface area (Å²) in [6.07, 6.45) is 7.18. The molecule has 0 atom stereocenters. The number of aromatic nitrogens is 4. The van der Waals surface area contributed by atoms with Crippen molar-refractivity contribution in [3.05, 3.63) is 72.3 Å². The topological polar surface area (TPSA) is 104 Å². The molecule has 0 spiro atoms. The third kappa shape index (κ3) is 5.57. The Morgan fingerprint density at radius 3 is 1.48 bits per heavy atom. The molecule has 156 valence electrons. The van der Waals surface area contributed by atoms with E-state index in [0.717, 1.165) is 33.2 Å². The van der Waals surface area contributed by atoms with Crippen LogP contribution in [0.25, 0.3) is 22.1 Å². The molecule has 0 radical (unpaired) electrons. The molecule has 31 heavy (non-hydrogen) atoms. The number of benzene rings is 2. The molecule has 0 unspecified atom stereocenters. The Balaban J connectivity index is 1.17. The zero-order valence-electron chi connectivity index (χ0n) is 16.7. The van der Waals surface area contributed by atoms with Gasteiger partial charge in [-0.1, -0.05) is 12.1 Å². The summed E-state index contributed by atoms with van der Waals surface area (Å²) in [5.41, 5.74) is 5.14. The van der Waals surface area contributed by atoms with Crippen LogP contribution in [0.4, 0.5) is 0 Å². The van der Waals surface area contributed by atoms with E-state index in [0.29, 0.717) is 12.8 Å². The third-order valence-electron chi connectivity index (χ3n) is 4.66. The fourth-order valence-corrected chi connectivity index (χ4v) is 3.11. The van der Waals surface area contributed by atoms with Gasteiger partial charge in [0.15, 0.2) is 0 Å². The van der Waals surface area contributed by atoms with Crippen molar-refractivity contribution in [2.75, 3.05) is 13.2 Å². The molecule has 2 aromatic carbocycles. The second-order valence-electron chi connectivity index (χ2n) is 6.88.